The van der Waals surface area contributed by atoms with Crippen LogP contribution in [0, 0.1) is 5.41 Å². The summed E-state index contributed by atoms with van der Waals surface area (Å²) >= 11 is 0. The van der Waals surface area contributed by atoms with E-state index >= 15 is 0 Å². The van der Waals surface area contributed by atoms with Gasteiger partial charge in [0.25, 0.3) is 0 Å². The molecule has 0 bridgehead atoms. The molecule has 1 unspecified atom stereocenters. The van der Waals surface area contributed by atoms with Crippen molar-refractivity contribution in [2.24, 2.45) is 5.41 Å². The molecule has 1 aromatic carbocycles. The van der Waals surface area contributed by atoms with E-state index in [-0.39, 0.29) is 5.41 Å². The minimum Gasteiger partial charge on any atom is -0.328 e. The Bertz CT molecular complexity index is 563. The lowest BCUT2D eigenvalue weighted by molar-refractivity contribution is 0.274. The standard InChI is InChI=1S/C17H27N3/c1-6-11-20-14-10-8-7-9-13(14)19-16(20)12-15(18-5)17(2,3)4/h7-10,15,18H,6,11-12H2,1-5H3. The Labute approximate surface area is 122 Å². The summed E-state index contributed by atoms with van der Waals surface area (Å²) in [7, 11) is 2.04. The minimum atomic E-state index is 0.226. The van der Waals surface area contributed by atoms with Gasteiger partial charge in [0.1, 0.15) is 5.82 Å². The molecule has 0 saturated carbocycles. The van der Waals surface area contributed by atoms with E-state index in [9.17, 15) is 0 Å². The van der Waals surface area contributed by atoms with Crippen molar-refractivity contribution in [1.82, 2.24) is 14.9 Å². The molecule has 2 aromatic rings. The summed E-state index contributed by atoms with van der Waals surface area (Å²) < 4.78 is 2.38. The maximum atomic E-state index is 4.86. The van der Waals surface area contributed by atoms with E-state index in [2.05, 4.69) is 61.8 Å². The smallest absolute Gasteiger partial charge is 0.111 e. The molecule has 0 aliphatic rings. The first-order valence-corrected chi connectivity index (χ1v) is 7.58. The Hall–Kier alpha value is -1.35. The van der Waals surface area contributed by atoms with Gasteiger partial charge in [0.05, 0.1) is 11.0 Å². The van der Waals surface area contributed by atoms with E-state index < -0.39 is 0 Å². The van der Waals surface area contributed by atoms with Gasteiger partial charge in [0, 0.05) is 19.0 Å². The zero-order valence-corrected chi connectivity index (χ0v) is 13.4. The molecule has 0 saturated heterocycles. The van der Waals surface area contributed by atoms with Crippen LogP contribution >= 0.6 is 0 Å². The first-order chi connectivity index (χ1) is 9.47. The zero-order chi connectivity index (χ0) is 14.8. The van der Waals surface area contributed by atoms with Crippen LogP contribution in [0.3, 0.4) is 0 Å². The van der Waals surface area contributed by atoms with Crippen LogP contribution in [0.5, 0.6) is 0 Å². The highest BCUT2D eigenvalue weighted by Gasteiger charge is 2.25. The largest absolute Gasteiger partial charge is 0.328 e. The number of benzene rings is 1. The number of nitrogens with zero attached hydrogens (tertiary/aromatic N) is 2. The van der Waals surface area contributed by atoms with Gasteiger partial charge in [0.15, 0.2) is 0 Å². The lowest BCUT2D eigenvalue weighted by Gasteiger charge is -2.30. The minimum absolute atomic E-state index is 0.226. The normalized spacial score (nSPS) is 13.8. The second kappa shape index (κ2) is 5.96. The molecule has 0 aliphatic carbocycles. The van der Waals surface area contributed by atoms with Crippen molar-refractivity contribution >= 4 is 11.0 Å². The van der Waals surface area contributed by atoms with E-state index in [1.54, 1.807) is 0 Å². The van der Waals surface area contributed by atoms with E-state index in [1.807, 2.05) is 7.05 Å². The number of aromatic nitrogens is 2. The highest BCUT2D eigenvalue weighted by molar-refractivity contribution is 5.75. The lowest BCUT2D eigenvalue weighted by atomic mass is 9.84. The van der Waals surface area contributed by atoms with Crippen LogP contribution in [-0.2, 0) is 13.0 Å². The van der Waals surface area contributed by atoms with Crippen molar-refractivity contribution in [2.75, 3.05) is 7.05 Å². The predicted molar refractivity (Wildman–Crippen MR) is 86.0 cm³/mol. The molecule has 1 N–H and O–H groups in total. The molecule has 1 aromatic heterocycles. The SMILES string of the molecule is CCCn1c(CC(NC)C(C)(C)C)nc2ccccc21. The van der Waals surface area contributed by atoms with Crippen LogP contribution < -0.4 is 5.32 Å². The highest BCUT2D eigenvalue weighted by Crippen LogP contribution is 2.24. The molecule has 20 heavy (non-hydrogen) atoms. The average molecular weight is 273 g/mol. The summed E-state index contributed by atoms with van der Waals surface area (Å²) in [4.78, 5) is 4.86. The Morgan fingerprint density at radius 3 is 2.55 bits per heavy atom. The Balaban J connectivity index is 2.40. The predicted octanol–water partition coefficient (Wildman–Crippen LogP) is 3.62. The van der Waals surface area contributed by atoms with Gasteiger partial charge in [-0.3, -0.25) is 0 Å². The summed E-state index contributed by atoms with van der Waals surface area (Å²) in [5.41, 5.74) is 2.59. The van der Waals surface area contributed by atoms with Crippen LogP contribution in [0.4, 0.5) is 0 Å². The maximum absolute atomic E-state index is 4.86. The summed E-state index contributed by atoms with van der Waals surface area (Å²) in [5.74, 6) is 1.20. The van der Waals surface area contributed by atoms with Gasteiger partial charge in [-0.15, -0.1) is 0 Å². The van der Waals surface area contributed by atoms with E-state index in [4.69, 9.17) is 4.98 Å². The first-order valence-electron chi connectivity index (χ1n) is 7.58. The van der Waals surface area contributed by atoms with Crippen molar-refractivity contribution in [3.63, 3.8) is 0 Å². The van der Waals surface area contributed by atoms with Crippen molar-refractivity contribution in [2.45, 2.75) is 53.1 Å². The van der Waals surface area contributed by atoms with Crippen LogP contribution in [0.1, 0.15) is 39.9 Å². The first kappa shape index (κ1) is 15.0. The molecular formula is C17H27N3. The third-order valence-electron chi connectivity index (χ3n) is 3.96. The molecule has 110 valence electrons. The van der Waals surface area contributed by atoms with Gasteiger partial charge in [0.2, 0.25) is 0 Å². The fourth-order valence-corrected chi connectivity index (χ4v) is 2.78. The van der Waals surface area contributed by atoms with Crippen molar-refractivity contribution in [3.05, 3.63) is 30.1 Å². The Kier molecular flexibility index (Phi) is 4.48. The maximum Gasteiger partial charge on any atom is 0.111 e. The Morgan fingerprint density at radius 1 is 1.25 bits per heavy atom. The molecule has 2 rings (SSSR count). The van der Waals surface area contributed by atoms with Crippen LogP contribution in [-0.4, -0.2) is 22.6 Å². The third kappa shape index (κ3) is 3.04. The van der Waals surface area contributed by atoms with Crippen molar-refractivity contribution in [3.8, 4) is 0 Å². The van der Waals surface area contributed by atoms with Gasteiger partial charge in [-0.2, -0.15) is 0 Å². The molecule has 1 atom stereocenters. The van der Waals surface area contributed by atoms with E-state index in [0.29, 0.717) is 6.04 Å². The second-order valence-corrected chi connectivity index (χ2v) is 6.58. The van der Waals surface area contributed by atoms with Crippen LogP contribution in [0.2, 0.25) is 0 Å². The summed E-state index contributed by atoms with van der Waals surface area (Å²) in [6, 6.07) is 8.87. The Morgan fingerprint density at radius 2 is 1.95 bits per heavy atom. The molecule has 3 heteroatoms. The van der Waals surface area contributed by atoms with Gasteiger partial charge in [-0.25, -0.2) is 4.98 Å². The molecule has 0 fully saturated rings. The van der Waals surface area contributed by atoms with Crippen molar-refractivity contribution in [1.29, 1.82) is 0 Å². The zero-order valence-electron chi connectivity index (χ0n) is 13.4. The number of nitrogens with one attached hydrogen (secondary N) is 1. The second-order valence-electron chi connectivity index (χ2n) is 6.58. The number of hydrogen-bond acceptors (Lipinski definition) is 2. The number of fused-ring (bicyclic) bond motifs is 1. The molecule has 3 nitrogen and oxygen atoms in total. The van der Waals surface area contributed by atoms with Gasteiger partial charge in [-0.05, 0) is 31.0 Å². The molecule has 0 spiro atoms. The van der Waals surface area contributed by atoms with E-state index in [0.717, 1.165) is 24.9 Å². The molecule has 0 amide bonds. The van der Waals surface area contributed by atoms with Crippen LogP contribution in [0.15, 0.2) is 24.3 Å². The summed E-state index contributed by atoms with van der Waals surface area (Å²) in [5, 5.41) is 3.45. The fourth-order valence-electron chi connectivity index (χ4n) is 2.78. The number of rotatable bonds is 5. The number of hydrogen-bond donors (Lipinski definition) is 1. The third-order valence-corrected chi connectivity index (χ3v) is 3.96. The van der Waals surface area contributed by atoms with Gasteiger partial charge in [-0.1, -0.05) is 39.8 Å². The lowest BCUT2D eigenvalue weighted by Crippen LogP contribution is -2.40. The van der Waals surface area contributed by atoms with E-state index in [1.165, 1.54) is 11.3 Å². The van der Waals surface area contributed by atoms with Crippen molar-refractivity contribution < 1.29 is 0 Å². The fraction of sp³-hybridized carbons (Fsp3) is 0.588. The van der Waals surface area contributed by atoms with Gasteiger partial charge < -0.3 is 9.88 Å². The topological polar surface area (TPSA) is 29.9 Å². The molecular weight excluding hydrogens is 246 g/mol. The average Bonchev–Trinajstić information content (AvgIpc) is 2.73. The van der Waals surface area contributed by atoms with Gasteiger partial charge >= 0.3 is 0 Å². The molecule has 1 heterocycles. The van der Waals surface area contributed by atoms with Crippen LogP contribution in [0.25, 0.3) is 11.0 Å². The molecule has 0 aliphatic heterocycles. The number of likely N-dealkylation sites (N-methyl/N-ethyl adjacent to an activating group) is 1. The summed E-state index contributed by atoms with van der Waals surface area (Å²) in [6.45, 7) is 10.1. The molecule has 0 radical (unpaired) electrons. The summed E-state index contributed by atoms with van der Waals surface area (Å²) in [6.07, 6.45) is 2.10. The monoisotopic (exact) mass is 273 g/mol. The number of para-hydroxylation sites is 2. The number of aryl methyl sites for hydroxylation is 1. The quantitative estimate of drug-likeness (QED) is 0.901. The highest BCUT2D eigenvalue weighted by atomic mass is 15.1. The number of imidazole rings is 1.